The van der Waals surface area contributed by atoms with Gasteiger partial charge >= 0.3 is 0 Å². The molecule has 3 heteroatoms. The predicted octanol–water partition coefficient (Wildman–Crippen LogP) is 0.925. The molecule has 2 N–H and O–H groups in total. The van der Waals surface area contributed by atoms with Crippen LogP contribution >= 0.6 is 0 Å². The molecular formula is C13H15NO2. The normalized spacial score (nSPS) is 11.1. The molecule has 3 nitrogen and oxygen atoms in total. The number of rotatable bonds is 3. The Labute approximate surface area is 95.5 Å². The molecule has 1 rings (SSSR count). The van der Waals surface area contributed by atoms with Crippen LogP contribution in [0.25, 0.3) is 0 Å². The molecule has 16 heavy (non-hydrogen) atoms. The van der Waals surface area contributed by atoms with Crippen LogP contribution in [0.15, 0.2) is 30.3 Å². The lowest BCUT2D eigenvalue weighted by Crippen LogP contribution is -2.36. The van der Waals surface area contributed by atoms with Gasteiger partial charge in [-0.05, 0) is 18.6 Å². The Morgan fingerprint density at radius 3 is 2.69 bits per heavy atom. The first kappa shape index (κ1) is 12.3. The maximum Gasteiger partial charge on any atom is 0.296 e. The summed E-state index contributed by atoms with van der Waals surface area (Å²) >= 11 is 0. The third kappa shape index (κ3) is 4.16. The van der Waals surface area contributed by atoms with E-state index in [-0.39, 0.29) is 18.6 Å². The monoisotopic (exact) mass is 217 g/mol. The summed E-state index contributed by atoms with van der Waals surface area (Å²) in [4.78, 5) is 11.3. The van der Waals surface area contributed by atoms with Gasteiger partial charge < -0.3 is 10.4 Å². The first-order valence-electron chi connectivity index (χ1n) is 5.24. The predicted molar refractivity (Wildman–Crippen MR) is 62.6 cm³/mol. The zero-order valence-electron chi connectivity index (χ0n) is 9.23. The van der Waals surface area contributed by atoms with Crippen LogP contribution in [-0.2, 0) is 4.79 Å². The van der Waals surface area contributed by atoms with Crippen molar-refractivity contribution < 1.29 is 9.90 Å². The van der Waals surface area contributed by atoms with Gasteiger partial charge in [0.25, 0.3) is 5.91 Å². The van der Waals surface area contributed by atoms with E-state index < -0.39 is 0 Å². The summed E-state index contributed by atoms with van der Waals surface area (Å²) in [7, 11) is 0. The fourth-order valence-corrected chi connectivity index (χ4v) is 1.15. The van der Waals surface area contributed by atoms with Crippen molar-refractivity contribution in [2.24, 2.45) is 0 Å². The largest absolute Gasteiger partial charge is 0.394 e. The Bertz CT molecular complexity index is 385. The topological polar surface area (TPSA) is 49.3 Å². The minimum absolute atomic E-state index is 0.0603. The first-order valence-corrected chi connectivity index (χ1v) is 5.24. The first-order chi connectivity index (χ1) is 7.76. The van der Waals surface area contributed by atoms with Crippen LogP contribution in [0.1, 0.15) is 18.9 Å². The Kier molecular flexibility index (Phi) is 5.10. The molecule has 0 heterocycles. The van der Waals surface area contributed by atoms with Crippen molar-refractivity contribution in [3.8, 4) is 11.8 Å². The summed E-state index contributed by atoms with van der Waals surface area (Å²) < 4.78 is 0. The van der Waals surface area contributed by atoms with E-state index in [1.165, 1.54) is 0 Å². The van der Waals surface area contributed by atoms with E-state index >= 15 is 0 Å². The molecule has 0 fully saturated rings. The van der Waals surface area contributed by atoms with E-state index in [1.807, 2.05) is 37.3 Å². The molecule has 1 aromatic carbocycles. The van der Waals surface area contributed by atoms with E-state index in [0.717, 1.165) is 5.56 Å². The molecule has 0 bridgehead atoms. The van der Waals surface area contributed by atoms with E-state index in [0.29, 0.717) is 6.42 Å². The van der Waals surface area contributed by atoms with Crippen molar-refractivity contribution in [3.63, 3.8) is 0 Å². The van der Waals surface area contributed by atoms with Crippen molar-refractivity contribution in [1.29, 1.82) is 0 Å². The van der Waals surface area contributed by atoms with Crippen LogP contribution in [0.3, 0.4) is 0 Å². The third-order valence-electron chi connectivity index (χ3n) is 2.14. The highest BCUT2D eigenvalue weighted by molar-refractivity contribution is 5.94. The molecule has 0 aliphatic carbocycles. The highest BCUT2D eigenvalue weighted by Crippen LogP contribution is 1.94. The molecule has 0 unspecified atom stereocenters. The van der Waals surface area contributed by atoms with Gasteiger partial charge in [-0.2, -0.15) is 0 Å². The van der Waals surface area contributed by atoms with Gasteiger partial charge in [-0.3, -0.25) is 4.79 Å². The molecule has 0 saturated carbocycles. The molecule has 0 radical (unpaired) electrons. The van der Waals surface area contributed by atoms with Gasteiger partial charge in [-0.1, -0.05) is 31.0 Å². The maximum atomic E-state index is 11.3. The van der Waals surface area contributed by atoms with Crippen LogP contribution in [0.5, 0.6) is 0 Å². The fraction of sp³-hybridized carbons (Fsp3) is 0.308. The van der Waals surface area contributed by atoms with Gasteiger partial charge in [0.1, 0.15) is 0 Å². The zero-order chi connectivity index (χ0) is 11.8. The average Bonchev–Trinajstić information content (AvgIpc) is 2.34. The van der Waals surface area contributed by atoms with Crippen molar-refractivity contribution in [3.05, 3.63) is 35.9 Å². The Hall–Kier alpha value is -1.79. The lowest BCUT2D eigenvalue weighted by Gasteiger charge is -2.10. The number of hydrogen-bond acceptors (Lipinski definition) is 2. The second-order valence-corrected chi connectivity index (χ2v) is 3.38. The van der Waals surface area contributed by atoms with Gasteiger partial charge in [0.15, 0.2) is 0 Å². The molecule has 0 spiro atoms. The molecule has 0 aliphatic rings. The number of carbonyl (C=O) groups is 1. The molecule has 1 aromatic rings. The molecule has 0 saturated heterocycles. The second kappa shape index (κ2) is 6.65. The third-order valence-corrected chi connectivity index (χ3v) is 2.14. The van der Waals surface area contributed by atoms with Crippen molar-refractivity contribution >= 4 is 5.91 Å². The van der Waals surface area contributed by atoms with E-state index in [1.54, 1.807) is 0 Å². The van der Waals surface area contributed by atoms with Crippen molar-refractivity contribution in [1.82, 2.24) is 5.32 Å². The highest BCUT2D eigenvalue weighted by Gasteiger charge is 2.05. The summed E-state index contributed by atoms with van der Waals surface area (Å²) in [6.45, 7) is 1.83. The number of carbonyl (C=O) groups excluding carboxylic acids is 1. The van der Waals surface area contributed by atoms with Gasteiger partial charge in [-0.15, -0.1) is 0 Å². The molecule has 1 amide bonds. The quantitative estimate of drug-likeness (QED) is 0.740. The van der Waals surface area contributed by atoms with Crippen LogP contribution < -0.4 is 5.32 Å². The summed E-state index contributed by atoms with van der Waals surface area (Å²) in [6, 6.07) is 9.09. The molecule has 1 atom stereocenters. The molecule has 84 valence electrons. The van der Waals surface area contributed by atoms with Crippen LogP contribution in [0, 0.1) is 11.8 Å². The summed E-state index contributed by atoms with van der Waals surface area (Å²) in [5.74, 6) is 4.88. The van der Waals surface area contributed by atoms with Crippen LogP contribution in [0.4, 0.5) is 0 Å². The van der Waals surface area contributed by atoms with Gasteiger partial charge in [0.2, 0.25) is 0 Å². The zero-order valence-corrected chi connectivity index (χ0v) is 9.23. The summed E-state index contributed by atoms with van der Waals surface area (Å²) in [5.41, 5.74) is 0.801. The number of aliphatic hydroxyl groups excluding tert-OH is 1. The number of hydrogen-bond donors (Lipinski definition) is 2. The van der Waals surface area contributed by atoms with Crippen molar-refractivity contribution in [2.45, 2.75) is 19.4 Å². The number of amides is 1. The number of nitrogens with one attached hydrogen (secondary N) is 1. The minimum atomic E-state index is -0.357. The minimum Gasteiger partial charge on any atom is -0.394 e. The lowest BCUT2D eigenvalue weighted by atomic mass is 10.2. The fourth-order valence-electron chi connectivity index (χ4n) is 1.15. The lowest BCUT2D eigenvalue weighted by molar-refractivity contribution is -0.116. The van der Waals surface area contributed by atoms with E-state index in [2.05, 4.69) is 17.2 Å². The Morgan fingerprint density at radius 1 is 1.44 bits per heavy atom. The average molecular weight is 217 g/mol. The summed E-state index contributed by atoms with van der Waals surface area (Å²) in [6.07, 6.45) is 0.690. The highest BCUT2D eigenvalue weighted by atomic mass is 16.3. The van der Waals surface area contributed by atoms with E-state index in [9.17, 15) is 4.79 Å². The van der Waals surface area contributed by atoms with Crippen molar-refractivity contribution in [2.75, 3.05) is 6.61 Å². The maximum absolute atomic E-state index is 11.3. The Balaban J connectivity index is 2.55. The molecule has 0 aromatic heterocycles. The Morgan fingerprint density at radius 2 is 2.12 bits per heavy atom. The molecule has 0 aliphatic heterocycles. The smallest absolute Gasteiger partial charge is 0.296 e. The number of benzene rings is 1. The van der Waals surface area contributed by atoms with Gasteiger partial charge in [-0.25, -0.2) is 0 Å². The number of aliphatic hydroxyl groups is 1. The summed E-state index contributed by atoms with van der Waals surface area (Å²) in [5, 5.41) is 11.5. The van der Waals surface area contributed by atoms with Crippen LogP contribution in [0.2, 0.25) is 0 Å². The second-order valence-electron chi connectivity index (χ2n) is 3.38. The SMILES string of the molecule is CC[C@H](CO)NC(=O)C#Cc1ccccc1. The van der Waals surface area contributed by atoms with E-state index in [4.69, 9.17) is 5.11 Å². The molecular weight excluding hydrogens is 202 g/mol. The van der Waals surface area contributed by atoms with Gasteiger partial charge in [0, 0.05) is 11.5 Å². The standard InChI is InChI=1S/C13H15NO2/c1-2-12(10-15)14-13(16)9-8-11-6-4-3-5-7-11/h3-7,12,15H,2,10H2,1H3,(H,14,16)/t12-/m1/s1. The van der Waals surface area contributed by atoms with Gasteiger partial charge in [0.05, 0.1) is 12.6 Å². The van der Waals surface area contributed by atoms with Crippen LogP contribution in [-0.4, -0.2) is 23.7 Å².